The van der Waals surface area contributed by atoms with E-state index in [-0.39, 0.29) is 5.41 Å². The van der Waals surface area contributed by atoms with E-state index in [9.17, 15) is 4.79 Å². The lowest BCUT2D eigenvalue weighted by Gasteiger charge is -2.49. The molecule has 2 aliphatic rings. The van der Waals surface area contributed by atoms with Crippen LogP contribution < -0.4 is 0 Å². The molecule has 1 aromatic rings. The van der Waals surface area contributed by atoms with Crippen molar-refractivity contribution in [1.29, 1.82) is 0 Å². The number of carboxylic acid groups (broad SMARTS) is 1. The smallest absolute Gasteiger partial charge is 0.335 e. The number of aromatic carboxylic acids is 1. The molecule has 1 heterocycles. The lowest BCUT2D eigenvalue weighted by Crippen LogP contribution is -2.52. The Balaban J connectivity index is 1.86. The number of ether oxygens (including phenoxy) is 1. The Morgan fingerprint density at radius 3 is 2.21 bits per heavy atom. The van der Waals surface area contributed by atoms with Crippen LogP contribution in [0.3, 0.4) is 0 Å². The summed E-state index contributed by atoms with van der Waals surface area (Å²) in [5, 5.41) is 8.97. The molecule has 3 heteroatoms. The highest BCUT2D eigenvalue weighted by atomic mass is 16.5. The van der Waals surface area contributed by atoms with Crippen molar-refractivity contribution in [2.45, 2.75) is 37.5 Å². The fourth-order valence-electron chi connectivity index (χ4n) is 3.56. The van der Waals surface area contributed by atoms with E-state index >= 15 is 0 Å². The predicted molar refractivity (Wildman–Crippen MR) is 72.5 cm³/mol. The molecule has 1 saturated heterocycles. The molecule has 0 amide bonds. The molecule has 3 rings (SSSR count). The zero-order valence-corrected chi connectivity index (χ0v) is 11.1. The number of rotatable bonds is 3. The van der Waals surface area contributed by atoms with Gasteiger partial charge in [0.15, 0.2) is 0 Å². The summed E-state index contributed by atoms with van der Waals surface area (Å²) in [4.78, 5) is 10.9. The van der Waals surface area contributed by atoms with E-state index in [2.05, 4.69) is 0 Å². The Hall–Kier alpha value is -1.35. The first-order chi connectivity index (χ1) is 9.22. The average molecular weight is 260 g/mol. The summed E-state index contributed by atoms with van der Waals surface area (Å²) < 4.78 is 5.51. The van der Waals surface area contributed by atoms with Crippen molar-refractivity contribution >= 4 is 5.97 Å². The summed E-state index contributed by atoms with van der Waals surface area (Å²) in [6.45, 7) is 1.59. The molecule has 0 aromatic heterocycles. The van der Waals surface area contributed by atoms with Gasteiger partial charge >= 0.3 is 5.97 Å². The summed E-state index contributed by atoms with van der Waals surface area (Å²) in [7, 11) is 0. The molecule has 3 nitrogen and oxygen atoms in total. The molecule has 1 aliphatic heterocycles. The topological polar surface area (TPSA) is 46.5 Å². The maximum atomic E-state index is 10.9. The van der Waals surface area contributed by atoms with Gasteiger partial charge in [0, 0.05) is 5.41 Å². The van der Waals surface area contributed by atoms with Crippen LogP contribution >= 0.6 is 0 Å². The second-order valence-electron chi connectivity index (χ2n) is 5.87. The molecular weight excluding hydrogens is 240 g/mol. The first-order valence-corrected chi connectivity index (χ1v) is 7.14. The number of benzene rings is 1. The molecule has 0 atom stereocenters. The second kappa shape index (κ2) is 4.97. The summed E-state index contributed by atoms with van der Waals surface area (Å²) in [6.07, 6.45) is 6.55. The van der Waals surface area contributed by atoms with Crippen LogP contribution in [0.4, 0.5) is 0 Å². The van der Waals surface area contributed by atoms with Crippen LogP contribution in [0.15, 0.2) is 24.3 Å². The van der Waals surface area contributed by atoms with Gasteiger partial charge in [0.05, 0.1) is 18.8 Å². The highest BCUT2D eigenvalue weighted by Crippen LogP contribution is 2.45. The third-order valence-corrected chi connectivity index (χ3v) is 4.81. The van der Waals surface area contributed by atoms with Gasteiger partial charge < -0.3 is 9.84 Å². The molecule has 0 bridgehead atoms. The minimum absolute atomic E-state index is 0.150. The third-order valence-electron chi connectivity index (χ3n) is 4.81. The lowest BCUT2D eigenvalue weighted by atomic mass is 9.64. The van der Waals surface area contributed by atoms with Crippen LogP contribution in [0.5, 0.6) is 0 Å². The van der Waals surface area contributed by atoms with E-state index in [1.54, 1.807) is 12.1 Å². The van der Waals surface area contributed by atoms with Crippen molar-refractivity contribution in [3.8, 4) is 0 Å². The van der Waals surface area contributed by atoms with Gasteiger partial charge in [-0.25, -0.2) is 4.79 Å². The normalized spacial score (nSPS) is 22.7. The zero-order chi connectivity index (χ0) is 13.3. The summed E-state index contributed by atoms with van der Waals surface area (Å²) in [5.74, 6) is -0.159. The van der Waals surface area contributed by atoms with E-state index in [1.807, 2.05) is 12.1 Å². The van der Waals surface area contributed by atoms with E-state index < -0.39 is 5.97 Å². The van der Waals surface area contributed by atoms with Crippen LogP contribution in [-0.2, 0) is 10.2 Å². The van der Waals surface area contributed by atoms with Crippen molar-refractivity contribution in [3.05, 3.63) is 35.4 Å². The van der Waals surface area contributed by atoms with E-state index in [1.165, 1.54) is 37.7 Å². The van der Waals surface area contributed by atoms with Gasteiger partial charge in [-0.05, 0) is 36.5 Å². The number of carbonyl (C=O) groups is 1. The molecule has 1 N–H and O–H groups in total. The Morgan fingerprint density at radius 1 is 1.11 bits per heavy atom. The highest BCUT2D eigenvalue weighted by Gasteiger charge is 2.46. The predicted octanol–water partition coefficient (Wildman–Crippen LogP) is 3.23. The number of hydrogen-bond donors (Lipinski definition) is 1. The van der Waals surface area contributed by atoms with E-state index in [0.29, 0.717) is 11.5 Å². The lowest BCUT2D eigenvalue weighted by molar-refractivity contribution is -0.0977. The number of carboxylic acids is 1. The van der Waals surface area contributed by atoms with Gasteiger partial charge in [0.1, 0.15) is 0 Å². The third kappa shape index (κ3) is 2.16. The van der Waals surface area contributed by atoms with Crippen LogP contribution in [0.1, 0.15) is 48.0 Å². The van der Waals surface area contributed by atoms with Gasteiger partial charge in [-0.2, -0.15) is 0 Å². The summed E-state index contributed by atoms with van der Waals surface area (Å²) >= 11 is 0. The van der Waals surface area contributed by atoms with Gasteiger partial charge in [-0.1, -0.05) is 31.4 Å². The Morgan fingerprint density at radius 2 is 1.74 bits per heavy atom. The molecule has 19 heavy (non-hydrogen) atoms. The van der Waals surface area contributed by atoms with Crippen LogP contribution in [0, 0.1) is 5.92 Å². The van der Waals surface area contributed by atoms with E-state index in [4.69, 9.17) is 9.84 Å². The van der Waals surface area contributed by atoms with Gasteiger partial charge in [0.2, 0.25) is 0 Å². The molecule has 102 valence electrons. The molecule has 0 unspecified atom stereocenters. The molecule has 1 aliphatic carbocycles. The van der Waals surface area contributed by atoms with Crippen molar-refractivity contribution in [1.82, 2.24) is 0 Å². The van der Waals surface area contributed by atoms with Gasteiger partial charge in [0.25, 0.3) is 0 Å². The summed E-state index contributed by atoms with van der Waals surface area (Å²) in [6, 6.07) is 7.42. The molecule has 0 radical (unpaired) electrons. The maximum absolute atomic E-state index is 10.9. The van der Waals surface area contributed by atoms with Crippen molar-refractivity contribution in [2.75, 3.05) is 13.2 Å². The van der Waals surface area contributed by atoms with Crippen molar-refractivity contribution in [3.63, 3.8) is 0 Å². The second-order valence-corrected chi connectivity index (χ2v) is 5.87. The largest absolute Gasteiger partial charge is 0.478 e. The standard InChI is InChI=1S/C16H20O3/c17-15(18)12-6-8-14(9-7-12)16(10-19-11-16)13-4-2-1-3-5-13/h6-9,13H,1-5,10-11H2,(H,17,18). The Kier molecular flexibility index (Phi) is 3.31. The SMILES string of the molecule is O=C(O)c1ccc(C2(C3CCCCC3)COC2)cc1. The first-order valence-electron chi connectivity index (χ1n) is 7.14. The van der Waals surface area contributed by atoms with Gasteiger partial charge in [-0.15, -0.1) is 0 Å². The first kappa shape index (κ1) is 12.7. The van der Waals surface area contributed by atoms with Crippen LogP contribution in [0.2, 0.25) is 0 Å². The molecular formula is C16H20O3. The molecule has 1 aromatic carbocycles. The monoisotopic (exact) mass is 260 g/mol. The van der Waals surface area contributed by atoms with Crippen LogP contribution in [-0.4, -0.2) is 24.3 Å². The molecule has 0 spiro atoms. The average Bonchev–Trinajstić information content (AvgIpc) is 2.39. The van der Waals surface area contributed by atoms with Crippen LogP contribution in [0.25, 0.3) is 0 Å². The van der Waals surface area contributed by atoms with Gasteiger partial charge in [-0.3, -0.25) is 0 Å². The molecule has 1 saturated carbocycles. The molecule has 2 fully saturated rings. The van der Waals surface area contributed by atoms with Crippen molar-refractivity contribution < 1.29 is 14.6 Å². The quantitative estimate of drug-likeness (QED) is 0.907. The summed E-state index contributed by atoms with van der Waals surface area (Å²) in [5.41, 5.74) is 1.77. The fraction of sp³-hybridized carbons (Fsp3) is 0.562. The Labute approximate surface area is 113 Å². The number of hydrogen-bond acceptors (Lipinski definition) is 2. The minimum atomic E-state index is -0.858. The Bertz CT molecular complexity index is 453. The van der Waals surface area contributed by atoms with E-state index in [0.717, 1.165) is 13.2 Å². The minimum Gasteiger partial charge on any atom is -0.478 e. The highest BCUT2D eigenvalue weighted by molar-refractivity contribution is 5.87. The maximum Gasteiger partial charge on any atom is 0.335 e. The fourth-order valence-corrected chi connectivity index (χ4v) is 3.56. The zero-order valence-electron chi connectivity index (χ0n) is 11.1. The van der Waals surface area contributed by atoms with Crippen molar-refractivity contribution in [2.24, 2.45) is 5.92 Å².